The van der Waals surface area contributed by atoms with Crippen molar-refractivity contribution in [3.05, 3.63) is 17.9 Å². The van der Waals surface area contributed by atoms with Crippen molar-refractivity contribution < 1.29 is 4.42 Å². The Morgan fingerprint density at radius 2 is 1.38 bits per heavy atom. The lowest BCUT2D eigenvalue weighted by Crippen LogP contribution is -1.49. The summed E-state index contributed by atoms with van der Waals surface area (Å²) in [5, 5.41) is 0. The fourth-order valence-electron chi connectivity index (χ4n) is 1.28. The molecule has 0 unspecified atom stereocenters. The molecule has 0 N–H and O–H groups in total. The van der Waals surface area contributed by atoms with E-state index in [0.29, 0.717) is 0 Å². The molecule has 5 heteroatoms. The fraction of sp³-hybridized carbons (Fsp3) is 0. The van der Waals surface area contributed by atoms with Gasteiger partial charge in [0, 0.05) is 12.1 Å². The van der Waals surface area contributed by atoms with Crippen LogP contribution in [-0.4, -0.2) is 0 Å². The van der Waals surface area contributed by atoms with Crippen molar-refractivity contribution in [1.82, 2.24) is 0 Å². The third kappa shape index (κ3) is 1.35. The van der Waals surface area contributed by atoms with Crippen molar-refractivity contribution >= 4 is 88.4 Å². The molecule has 0 saturated carbocycles. The molecule has 3 rings (SSSR count). The van der Waals surface area contributed by atoms with E-state index in [1.165, 1.54) is 15.2 Å². The Labute approximate surface area is 109 Å². The molecule has 13 heavy (non-hydrogen) atoms. The Morgan fingerprint density at radius 3 is 1.85 bits per heavy atom. The predicted molar refractivity (Wildman–Crippen MR) is 74.9 cm³/mol. The summed E-state index contributed by atoms with van der Waals surface area (Å²) in [6.07, 6.45) is 0. The van der Waals surface area contributed by atoms with Gasteiger partial charge in [-0.25, -0.2) is 0 Å². The van der Waals surface area contributed by atoms with E-state index in [2.05, 4.69) is 57.3 Å². The van der Waals surface area contributed by atoms with Crippen LogP contribution in [0.1, 0.15) is 0 Å². The van der Waals surface area contributed by atoms with Gasteiger partial charge in [0.25, 0.3) is 0 Å². The first kappa shape index (κ1) is 8.93. The maximum Gasteiger partial charge on any atom is 0.148 e. The van der Waals surface area contributed by atoms with Crippen molar-refractivity contribution in [3.63, 3.8) is 0 Å². The molecule has 3 aromatic rings. The van der Waals surface area contributed by atoms with Crippen LogP contribution in [0.2, 0.25) is 0 Å². The highest BCUT2D eigenvalue weighted by Crippen LogP contribution is 2.40. The van der Waals surface area contributed by atoms with E-state index in [1.807, 2.05) is 0 Å². The molecule has 0 saturated heterocycles. The Bertz CT molecular complexity index is 539. The third-order valence-electron chi connectivity index (χ3n) is 1.76. The van der Waals surface area contributed by atoms with E-state index in [-0.39, 0.29) is 0 Å². The summed E-state index contributed by atoms with van der Waals surface area (Å²) in [4.78, 5) is 0. The zero-order valence-electron chi connectivity index (χ0n) is 6.14. The SMILES string of the molecule is Ic1cc2oc3cc(I)sc3c2s1. The highest BCUT2D eigenvalue weighted by molar-refractivity contribution is 14.1. The number of fused-ring (bicyclic) bond motifs is 3. The Balaban J connectivity index is 2.56. The van der Waals surface area contributed by atoms with Gasteiger partial charge in [-0.05, 0) is 45.2 Å². The molecule has 0 amide bonds. The monoisotopic (exact) mass is 432 g/mol. The smallest absolute Gasteiger partial charge is 0.148 e. The zero-order valence-corrected chi connectivity index (χ0v) is 12.1. The summed E-state index contributed by atoms with van der Waals surface area (Å²) in [6.45, 7) is 0. The second-order valence-electron chi connectivity index (χ2n) is 2.59. The quantitative estimate of drug-likeness (QED) is 0.460. The highest BCUT2D eigenvalue weighted by atomic mass is 127. The standard InChI is InChI=1S/C8H2I2OS2/c9-5-1-3-7(12-5)8-4(11-3)2-6(10)13-8/h1-2H. The minimum absolute atomic E-state index is 1.03. The average Bonchev–Trinajstić information content (AvgIpc) is 2.60. The van der Waals surface area contributed by atoms with Crippen molar-refractivity contribution in [2.24, 2.45) is 0 Å². The fourth-order valence-corrected chi connectivity index (χ4v) is 4.93. The molecule has 0 aromatic carbocycles. The van der Waals surface area contributed by atoms with Crippen LogP contribution in [0.15, 0.2) is 16.5 Å². The van der Waals surface area contributed by atoms with E-state index < -0.39 is 0 Å². The molecule has 1 nitrogen and oxygen atoms in total. The van der Waals surface area contributed by atoms with E-state index in [0.717, 1.165) is 11.2 Å². The van der Waals surface area contributed by atoms with Gasteiger partial charge in [0.2, 0.25) is 0 Å². The number of hydrogen-bond acceptors (Lipinski definition) is 3. The summed E-state index contributed by atoms with van der Waals surface area (Å²) in [7, 11) is 0. The second kappa shape index (κ2) is 3.07. The summed E-state index contributed by atoms with van der Waals surface area (Å²) < 4.78 is 10.9. The molecule has 0 aliphatic carbocycles. The molecule has 3 aromatic heterocycles. The number of hydrogen-bond donors (Lipinski definition) is 0. The Kier molecular flexibility index (Phi) is 2.11. The van der Waals surface area contributed by atoms with E-state index in [4.69, 9.17) is 4.42 Å². The molecule has 0 aliphatic heterocycles. The van der Waals surface area contributed by atoms with Crippen LogP contribution < -0.4 is 0 Å². The number of furan rings is 1. The van der Waals surface area contributed by atoms with Gasteiger partial charge < -0.3 is 4.42 Å². The second-order valence-corrected chi connectivity index (χ2v) is 8.48. The summed E-state index contributed by atoms with van der Waals surface area (Å²) in [5.74, 6) is 0. The number of rotatable bonds is 0. The zero-order chi connectivity index (χ0) is 9.00. The van der Waals surface area contributed by atoms with Crippen molar-refractivity contribution in [2.75, 3.05) is 0 Å². The molecule has 3 heterocycles. The van der Waals surface area contributed by atoms with E-state index >= 15 is 0 Å². The summed E-state index contributed by atoms with van der Waals surface area (Å²) in [6, 6.07) is 4.19. The first-order valence-electron chi connectivity index (χ1n) is 3.51. The van der Waals surface area contributed by atoms with Gasteiger partial charge >= 0.3 is 0 Å². The summed E-state index contributed by atoms with van der Waals surface area (Å²) >= 11 is 8.26. The normalized spacial score (nSPS) is 11.8. The lowest BCUT2D eigenvalue weighted by Gasteiger charge is -1.73. The maximum atomic E-state index is 5.71. The molecule has 0 radical (unpaired) electrons. The largest absolute Gasteiger partial charge is 0.454 e. The van der Waals surface area contributed by atoms with Gasteiger partial charge in [-0.2, -0.15) is 0 Å². The first-order chi connectivity index (χ1) is 6.24. The average molecular weight is 432 g/mol. The van der Waals surface area contributed by atoms with Crippen molar-refractivity contribution in [3.8, 4) is 0 Å². The van der Waals surface area contributed by atoms with Gasteiger partial charge in [-0.1, -0.05) is 0 Å². The summed E-state index contributed by atoms with van der Waals surface area (Å²) in [5.41, 5.74) is 2.07. The molecule has 0 fully saturated rings. The molecular weight excluding hydrogens is 430 g/mol. The van der Waals surface area contributed by atoms with Gasteiger partial charge in [0.05, 0.1) is 15.2 Å². The van der Waals surface area contributed by atoms with Crippen LogP contribution in [0.3, 0.4) is 0 Å². The third-order valence-corrected chi connectivity index (χ3v) is 5.68. The van der Waals surface area contributed by atoms with Gasteiger partial charge in [-0.15, -0.1) is 22.7 Å². The highest BCUT2D eigenvalue weighted by Gasteiger charge is 2.12. The molecule has 66 valence electrons. The number of thiophene rings is 2. The minimum atomic E-state index is 1.03. The van der Waals surface area contributed by atoms with E-state index in [9.17, 15) is 0 Å². The van der Waals surface area contributed by atoms with Crippen LogP contribution in [0, 0.1) is 5.77 Å². The van der Waals surface area contributed by atoms with Crippen LogP contribution >= 0.6 is 67.9 Å². The Morgan fingerprint density at radius 1 is 0.923 bits per heavy atom. The van der Waals surface area contributed by atoms with Crippen LogP contribution in [0.4, 0.5) is 0 Å². The molecule has 0 atom stereocenters. The molecule has 0 aliphatic rings. The predicted octanol–water partition coefficient (Wildman–Crippen LogP) is 4.92. The van der Waals surface area contributed by atoms with Crippen molar-refractivity contribution in [1.29, 1.82) is 0 Å². The Hall–Kier alpha value is 0.660. The maximum absolute atomic E-state index is 5.71. The van der Waals surface area contributed by atoms with Crippen LogP contribution in [0.5, 0.6) is 0 Å². The molecule has 0 bridgehead atoms. The lowest BCUT2D eigenvalue weighted by molar-refractivity contribution is 0.670. The molecule has 0 spiro atoms. The van der Waals surface area contributed by atoms with Gasteiger partial charge in [0.15, 0.2) is 0 Å². The van der Waals surface area contributed by atoms with Crippen molar-refractivity contribution in [2.45, 2.75) is 0 Å². The lowest BCUT2D eigenvalue weighted by atomic mass is 10.5. The molecular formula is C8H2I2OS2. The number of halogens is 2. The first-order valence-corrected chi connectivity index (χ1v) is 7.30. The van der Waals surface area contributed by atoms with Crippen LogP contribution in [0.25, 0.3) is 20.6 Å². The topological polar surface area (TPSA) is 13.1 Å². The van der Waals surface area contributed by atoms with E-state index in [1.54, 1.807) is 22.7 Å². The minimum Gasteiger partial charge on any atom is -0.454 e. The van der Waals surface area contributed by atoms with Crippen LogP contribution in [-0.2, 0) is 0 Å². The van der Waals surface area contributed by atoms with Gasteiger partial charge in [-0.3, -0.25) is 0 Å². The van der Waals surface area contributed by atoms with Gasteiger partial charge in [0.1, 0.15) is 11.2 Å².